The predicted molar refractivity (Wildman–Crippen MR) is 139 cm³/mol. The van der Waals surface area contributed by atoms with Gasteiger partial charge in [-0.1, -0.05) is 30.3 Å². The number of anilines is 1. The highest BCUT2D eigenvalue weighted by atomic mass is 16.6. The quantitative estimate of drug-likeness (QED) is 0.618. The summed E-state index contributed by atoms with van der Waals surface area (Å²) in [5.41, 5.74) is 1.37. The van der Waals surface area contributed by atoms with Crippen LogP contribution in [-0.4, -0.2) is 57.6 Å². The van der Waals surface area contributed by atoms with E-state index in [1.807, 2.05) is 90.9 Å². The van der Waals surface area contributed by atoms with Crippen molar-refractivity contribution in [2.24, 2.45) is 5.92 Å². The van der Waals surface area contributed by atoms with Gasteiger partial charge in [-0.3, -0.25) is 4.90 Å². The number of aromatic nitrogens is 1. The van der Waals surface area contributed by atoms with Crippen LogP contribution in [0.5, 0.6) is 0 Å². The normalized spacial score (nSPS) is 18.2. The van der Waals surface area contributed by atoms with Gasteiger partial charge in [0.2, 0.25) is 0 Å². The Labute approximate surface area is 214 Å². The van der Waals surface area contributed by atoms with Gasteiger partial charge in [0, 0.05) is 18.2 Å². The standard InChI is InChI=1S/C28H39N3O5/c1-19-13-22(15-21-17-30(18-23(21)32)25(33)35-27(2,3)4)29-24(14-19)31(26(34)36-28(5,6)7)16-20-11-9-8-10-12-20/h8-14,21,23,32H,15-18H2,1-7H3. The third-order valence-corrected chi connectivity index (χ3v) is 5.61. The number of aryl methyl sites for hydroxylation is 1. The van der Waals surface area contributed by atoms with Crippen LogP contribution >= 0.6 is 0 Å². The Hall–Kier alpha value is -3.13. The third kappa shape index (κ3) is 7.95. The average molecular weight is 498 g/mol. The molecule has 1 aromatic heterocycles. The molecule has 0 saturated carbocycles. The number of ether oxygens (including phenoxy) is 2. The van der Waals surface area contributed by atoms with Crippen LogP contribution in [0.3, 0.4) is 0 Å². The van der Waals surface area contributed by atoms with Crippen molar-refractivity contribution in [1.82, 2.24) is 9.88 Å². The summed E-state index contributed by atoms with van der Waals surface area (Å²) in [6, 6.07) is 13.5. The second kappa shape index (κ2) is 10.9. The molecule has 2 aromatic rings. The minimum absolute atomic E-state index is 0.191. The molecule has 1 saturated heterocycles. The molecule has 8 nitrogen and oxygen atoms in total. The van der Waals surface area contributed by atoms with Gasteiger partial charge in [0.05, 0.1) is 19.2 Å². The van der Waals surface area contributed by atoms with Gasteiger partial charge in [0.1, 0.15) is 17.0 Å². The van der Waals surface area contributed by atoms with Crippen LogP contribution in [0.15, 0.2) is 42.5 Å². The Morgan fingerprint density at radius 3 is 2.28 bits per heavy atom. The molecule has 1 aliphatic rings. The fourth-order valence-electron chi connectivity index (χ4n) is 4.08. The van der Waals surface area contributed by atoms with Crippen molar-refractivity contribution in [3.8, 4) is 0 Å². The van der Waals surface area contributed by atoms with Crippen molar-refractivity contribution >= 4 is 18.0 Å². The molecule has 36 heavy (non-hydrogen) atoms. The molecule has 1 fully saturated rings. The van der Waals surface area contributed by atoms with Gasteiger partial charge < -0.3 is 19.5 Å². The first-order valence-corrected chi connectivity index (χ1v) is 12.4. The zero-order chi connectivity index (χ0) is 26.7. The molecule has 2 atom stereocenters. The topological polar surface area (TPSA) is 92.2 Å². The number of carbonyl (C=O) groups is 2. The van der Waals surface area contributed by atoms with Crippen LogP contribution in [0.25, 0.3) is 0 Å². The summed E-state index contributed by atoms with van der Waals surface area (Å²) >= 11 is 0. The lowest BCUT2D eigenvalue weighted by atomic mass is 9.99. The van der Waals surface area contributed by atoms with E-state index in [0.717, 1.165) is 16.8 Å². The van der Waals surface area contributed by atoms with Crippen LogP contribution in [0.1, 0.15) is 58.4 Å². The van der Waals surface area contributed by atoms with Crippen LogP contribution < -0.4 is 4.90 Å². The maximum absolute atomic E-state index is 13.2. The number of hydrogen-bond donors (Lipinski definition) is 1. The fourth-order valence-corrected chi connectivity index (χ4v) is 4.08. The number of likely N-dealkylation sites (tertiary alicyclic amines) is 1. The maximum atomic E-state index is 13.2. The van der Waals surface area contributed by atoms with Crippen molar-refractivity contribution in [3.05, 3.63) is 59.3 Å². The van der Waals surface area contributed by atoms with Crippen LogP contribution in [0, 0.1) is 12.8 Å². The number of benzene rings is 1. The highest BCUT2D eigenvalue weighted by Crippen LogP contribution is 2.26. The molecular formula is C28H39N3O5. The van der Waals surface area contributed by atoms with Crippen LogP contribution in [-0.2, 0) is 22.4 Å². The molecule has 0 radical (unpaired) electrons. The zero-order valence-corrected chi connectivity index (χ0v) is 22.4. The Kier molecular flexibility index (Phi) is 8.29. The molecule has 1 aromatic carbocycles. The number of nitrogens with zero attached hydrogens (tertiary/aromatic N) is 3. The average Bonchev–Trinajstić information content (AvgIpc) is 3.10. The van der Waals surface area contributed by atoms with Crippen molar-refractivity contribution in [2.75, 3.05) is 18.0 Å². The summed E-state index contributed by atoms with van der Waals surface area (Å²) < 4.78 is 11.1. The predicted octanol–water partition coefficient (Wildman–Crippen LogP) is 5.10. The van der Waals surface area contributed by atoms with E-state index < -0.39 is 29.5 Å². The van der Waals surface area contributed by atoms with E-state index in [9.17, 15) is 14.7 Å². The van der Waals surface area contributed by atoms with Crippen LogP contribution in [0.2, 0.25) is 0 Å². The van der Waals surface area contributed by atoms with Gasteiger partial charge in [0.15, 0.2) is 0 Å². The van der Waals surface area contributed by atoms with E-state index >= 15 is 0 Å². The monoisotopic (exact) mass is 497 g/mol. The van der Waals surface area contributed by atoms with Crippen molar-refractivity contribution in [2.45, 2.75) is 78.7 Å². The van der Waals surface area contributed by atoms with Gasteiger partial charge in [-0.2, -0.15) is 0 Å². The molecule has 2 unspecified atom stereocenters. The second-order valence-corrected chi connectivity index (χ2v) is 11.5. The lowest BCUT2D eigenvalue weighted by Gasteiger charge is -2.27. The molecule has 1 aliphatic heterocycles. The number of aliphatic hydroxyl groups is 1. The second-order valence-electron chi connectivity index (χ2n) is 11.5. The smallest absolute Gasteiger partial charge is 0.416 e. The number of pyridine rings is 1. The SMILES string of the molecule is Cc1cc(CC2CN(C(=O)OC(C)(C)C)CC2O)nc(N(Cc2ccccc2)C(=O)OC(C)(C)C)c1. The molecule has 2 heterocycles. The Bertz CT molecular complexity index is 1060. The van der Waals surface area contributed by atoms with Gasteiger partial charge >= 0.3 is 12.2 Å². The minimum atomic E-state index is -0.686. The number of aliphatic hydroxyl groups excluding tert-OH is 1. The first kappa shape index (κ1) is 27.5. The highest BCUT2D eigenvalue weighted by molar-refractivity contribution is 5.86. The third-order valence-electron chi connectivity index (χ3n) is 5.61. The zero-order valence-electron chi connectivity index (χ0n) is 22.4. The van der Waals surface area contributed by atoms with Gasteiger partial charge in [-0.25, -0.2) is 14.6 Å². The summed E-state index contributed by atoms with van der Waals surface area (Å²) in [4.78, 5) is 33.5. The molecule has 0 aliphatic carbocycles. The number of β-amino-alcohol motifs (C(OH)–C–C–N with tert-alkyl or cyclic N) is 1. The van der Waals surface area contributed by atoms with E-state index in [4.69, 9.17) is 14.5 Å². The summed E-state index contributed by atoms with van der Waals surface area (Å²) in [5, 5.41) is 10.7. The van der Waals surface area contributed by atoms with E-state index in [2.05, 4.69) is 0 Å². The molecular weight excluding hydrogens is 458 g/mol. The molecule has 8 heteroatoms. The number of carbonyl (C=O) groups excluding carboxylic acids is 2. The first-order valence-electron chi connectivity index (χ1n) is 12.4. The van der Waals surface area contributed by atoms with E-state index in [1.165, 1.54) is 4.90 Å². The minimum Gasteiger partial charge on any atom is -0.444 e. The lowest BCUT2D eigenvalue weighted by Crippen LogP contribution is -2.37. The van der Waals surface area contributed by atoms with E-state index in [-0.39, 0.29) is 12.5 Å². The number of hydrogen-bond acceptors (Lipinski definition) is 6. The van der Waals surface area contributed by atoms with Gasteiger partial charge in [0.25, 0.3) is 0 Å². The molecule has 0 spiro atoms. The Balaban J connectivity index is 1.82. The number of rotatable bonds is 5. The number of amides is 2. The first-order chi connectivity index (χ1) is 16.7. The van der Waals surface area contributed by atoms with Crippen molar-refractivity contribution in [1.29, 1.82) is 0 Å². The molecule has 0 bridgehead atoms. The van der Waals surface area contributed by atoms with E-state index in [0.29, 0.717) is 25.3 Å². The molecule has 2 amide bonds. The van der Waals surface area contributed by atoms with Crippen molar-refractivity contribution < 1.29 is 24.2 Å². The fraction of sp³-hybridized carbons (Fsp3) is 0.536. The van der Waals surface area contributed by atoms with Gasteiger partial charge in [-0.15, -0.1) is 0 Å². The summed E-state index contributed by atoms with van der Waals surface area (Å²) in [5.74, 6) is 0.295. The maximum Gasteiger partial charge on any atom is 0.416 e. The summed E-state index contributed by atoms with van der Waals surface area (Å²) in [7, 11) is 0. The lowest BCUT2D eigenvalue weighted by molar-refractivity contribution is 0.0269. The van der Waals surface area contributed by atoms with E-state index in [1.54, 1.807) is 4.90 Å². The highest BCUT2D eigenvalue weighted by Gasteiger charge is 2.36. The Morgan fingerprint density at radius 1 is 1.03 bits per heavy atom. The summed E-state index contributed by atoms with van der Waals surface area (Å²) in [6.45, 7) is 13.8. The molecule has 196 valence electrons. The summed E-state index contributed by atoms with van der Waals surface area (Å²) in [6.07, 6.45) is -1.13. The molecule has 1 N–H and O–H groups in total. The Morgan fingerprint density at radius 2 is 1.67 bits per heavy atom. The van der Waals surface area contributed by atoms with Crippen molar-refractivity contribution in [3.63, 3.8) is 0 Å². The van der Waals surface area contributed by atoms with Gasteiger partial charge in [-0.05, 0) is 78.1 Å². The largest absolute Gasteiger partial charge is 0.444 e. The molecule has 3 rings (SSSR count). The van der Waals surface area contributed by atoms with Crippen LogP contribution in [0.4, 0.5) is 15.4 Å².